The number of unbranched alkanes of at least 4 members (excludes halogenated alkanes) is 10. The average Bonchev–Trinajstić information content (AvgIpc) is 2.97. The zero-order chi connectivity index (χ0) is 28.9. The first kappa shape index (κ1) is 33.8. The van der Waals surface area contributed by atoms with Crippen LogP contribution in [0.1, 0.15) is 111 Å². The van der Waals surface area contributed by atoms with Gasteiger partial charge in [-0.15, -0.1) is 0 Å². The Bertz CT molecular complexity index is 907. The molecule has 0 bridgehead atoms. The third-order valence-corrected chi connectivity index (χ3v) is 12.6. The number of hydrogen-bond donors (Lipinski definition) is 3. The highest BCUT2D eigenvalue weighted by Gasteiger charge is 2.49. The van der Waals surface area contributed by atoms with E-state index in [9.17, 15) is 9.59 Å². The molecule has 2 aromatic carbocycles. The number of allylic oxidation sites excluding steroid dienone is 2. The number of carbonyl (C=O) groups excluding carboxylic acids is 1. The van der Waals surface area contributed by atoms with Gasteiger partial charge in [-0.25, -0.2) is 4.79 Å². The summed E-state index contributed by atoms with van der Waals surface area (Å²) in [7, 11) is -2.88. The van der Waals surface area contributed by atoms with Crippen LogP contribution in [0, 0.1) is 0 Å². The molecule has 0 fully saturated rings. The Kier molecular flexibility index (Phi) is 16.6. The number of rotatable bonds is 21. The minimum atomic E-state index is -2.88. The lowest BCUT2D eigenvalue weighted by molar-refractivity contribution is 0.240. The topological polar surface area (TPSA) is 61.4 Å². The van der Waals surface area contributed by atoms with Gasteiger partial charge in [0.25, 0.3) is 8.32 Å². The van der Waals surface area contributed by atoms with Crippen molar-refractivity contribution in [2.24, 2.45) is 0 Å². The Morgan fingerprint density at radius 2 is 1.15 bits per heavy atom. The minimum absolute atomic E-state index is 0.0295. The molecule has 5 heteroatoms. The predicted octanol–water partition coefficient (Wildman–Crippen LogP) is 7.86. The van der Waals surface area contributed by atoms with Crippen LogP contribution in [0.2, 0.25) is 5.04 Å². The summed E-state index contributed by atoms with van der Waals surface area (Å²) in [5.41, 5.74) is 0. The molecule has 0 atom stereocenters. The van der Waals surface area contributed by atoms with E-state index in [1.165, 1.54) is 44.9 Å². The summed E-state index contributed by atoms with van der Waals surface area (Å²) >= 11 is 0. The molecule has 222 valence electrons. The minimum Gasteiger partial charge on any atom is -0.424 e. The van der Waals surface area contributed by atoms with Gasteiger partial charge >= 0.3 is 6.03 Å². The largest absolute Gasteiger partial charge is 0.424 e. The van der Waals surface area contributed by atoms with Crippen LogP contribution in [0.3, 0.4) is 0 Å². The molecule has 2 rings (SSSR count). The second-order valence-electron chi connectivity index (χ2n) is 11.8. The summed E-state index contributed by atoms with van der Waals surface area (Å²) in [6, 6.07) is 20.7. The van der Waals surface area contributed by atoms with Gasteiger partial charge in [-0.1, -0.05) is 139 Å². The molecule has 0 aromatic heterocycles. The molecule has 0 spiro atoms. The van der Waals surface area contributed by atoms with Crippen molar-refractivity contribution in [2.75, 3.05) is 13.1 Å². The van der Waals surface area contributed by atoms with Crippen LogP contribution in [0.4, 0.5) is 4.79 Å². The van der Waals surface area contributed by atoms with Crippen molar-refractivity contribution in [2.45, 2.75) is 116 Å². The standard InChI is InChI=1S/C35H56N2O2Si/c1-4-5-23-30-36-34(38)37-31-24-15-13-11-9-7-6-8-10-12-14-22-29-35(2,3)40(39,32-25-18-16-19-26-32)33-27-20-17-21-28-33/h9,11,16-21,25-28,39H,4-8,10,12-15,22-24,29-31H2,1-3H3,(H2,36,37,38)/b11-9-. The Balaban J connectivity index is 1.55. The van der Waals surface area contributed by atoms with E-state index in [1.807, 2.05) is 12.1 Å². The SMILES string of the molecule is CCCCCNC(=O)NCCCC/C=C\CCCCCCCCC(C)(C)[Si](O)(c1ccccc1)c1ccccc1. The van der Waals surface area contributed by atoms with Crippen molar-refractivity contribution in [3.05, 3.63) is 72.8 Å². The normalized spacial score (nSPS) is 12.1. The van der Waals surface area contributed by atoms with Crippen molar-refractivity contribution < 1.29 is 9.59 Å². The maximum absolute atomic E-state index is 12.3. The second-order valence-corrected chi connectivity index (χ2v) is 15.8. The van der Waals surface area contributed by atoms with Gasteiger partial charge in [0.2, 0.25) is 0 Å². The van der Waals surface area contributed by atoms with Crippen molar-refractivity contribution in [1.29, 1.82) is 0 Å². The van der Waals surface area contributed by atoms with Gasteiger partial charge in [0.05, 0.1) is 0 Å². The highest BCUT2D eigenvalue weighted by molar-refractivity contribution is 6.98. The monoisotopic (exact) mass is 564 g/mol. The van der Waals surface area contributed by atoms with Crippen LogP contribution in [-0.4, -0.2) is 32.2 Å². The third kappa shape index (κ3) is 12.0. The first-order valence-corrected chi connectivity index (χ1v) is 17.9. The first-order chi connectivity index (χ1) is 19.4. The van der Waals surface area contributed by atoms with Gasteiger partial charge in [-0.3, -0.25) is 0 Å². The summed E-state index contributed by atoms with van der Waals surface area (Å²) < 4.78 is 0. The molecule has 2 aromatic rings. The number of amides is 2. The quantitative estimate of drug-likeness (QED) is 0.0821. The van der Waals surface area contributed by atoms with Crippen LogP contribution in [0.5, 0.6) is 0 Å². The zero-order valence-corrected chi connectivity index (χ0v) is 26.6. The van der Waals surface area contributed by atoms with Crippen LogP contribution in [-0.2, 0) is 0 Å². The van der Waals surface area contributed by atoms with Crippen LogP contribution < -0.4 is 21.0 Å². The van der Waals surface area contributed by atoms with Crippen LogP contribution in [0.25, 0.3) is 0 Å². The fraction of sp³-hybridized carbons (Fsp3) is 0.571. The lowest BCUT2D eigenvalue weighted by atomic mass is 10.0. The summed E-state index contributed by atoms with van der Waals surface area (Å²) in [5, 5.41) is 7.94. The zero-order valence-electron chi connectivity index (χ0n) is 25.6. The number of urea groups is 1. The molecule has 0 saturated carbocycles. The smallest absolute Gasteiger partial charge is 0.314 e. The van der Waals surface area contributed by atoms with E-state index in [0.29, 0.717) is 0 Å². The van der Waals surface area contributed by atoms with E-state index < -0.39 is 8.32 Å². The van der Waals surface area contributed by atoms with Crippen LogP contribution >= 0.6 is 0 Å². The second kappa shape index (κ2) is 19.7. The summed E-state index contributed by atoms with van der Waals surface area (Å²) in [6.45, 7) is 8.24. The van der Waals surface area contributed by atoms with E-state index in [0.717, 1.165) is 68.4 Å². The molecule has 40 heavy (non-hydrogen) atoms. The van der Waals surface area contributed by atoms with Crippen molar-refractivity contribution in [3.63, 3.8) is 0 Å². The Hall–Kier alpha value is -2.37. The Labute approximate surface area is 246 Å². The lowest BCUT2D eigenvalue weighted by Gasteiger charge is -2.41. The first-order valence-electron chi connectivity index (χ1n) is 15.9. The van der Waals surface area contributed by atoms with Gasteiger partial charge in [0.1, 0.15) is 0 Å². The molecule has 0 aliphatic rings. The van der Waals surface area contributed by atoms with E-state index in [-0.39, 0.29) is 11.1 Å². The summed E-state index contributed by atoms with van der Waals surface area (Å²) in [4.78, 5) is 23.9. The molecule has 2 amide bonds. The number of carbonyl (C=O) groups is 1. The van der Waals surface area contributed by atoms with E-state index >= 15 is 0 Å². The maximum atomic E-state index is 12.3. The highest BCUT2D eigenvalue weighted by Crippen LogP contribution is 2.40. The molecular formula is C35H56N2O2Si. The number of benzene rings is 2. The Morgan fingerprint density at radius 3 is 1.68 bits per heavy atom. The number of hydrogen-bond acceptors (Lipinski definition) is 2. The van der Waals surface area contributed by atoms with Gasteiger partial charge in [0.15, 0.2) is 0 Å². The average molecular weight is 565 g/mol. The fourth-order valence-corrected chi connectivity index (χ4v) is 9.27. The van der Waals surface area contributed by atoms with Gasteiger partial charge in [-0.05, 0) is 60.4 Å². The third-order valence-electron chi connectivity index (χ3n) is 8.10. The molecule has 0 aliphatic heterocycles. The molecule has 0 heterocycles. The van der Waals surface area contributed by atoms with E-state index in [2.05, 4.69) is 92.1 Å². The molecular weight excluding hydrogens is 508 g/mol. The molecule has 4 nitrogen and oxygen atoms in total. The fourth-order valence-electron chi connectivity index (χ4n) is 5.49. The maximum Gasteiger partial charge on any atom is 0.314 e. The van der Waals surface area contributed by atoms with Crippen molar-refractivity contribution in [1.82, 2.24) is 10.6 Å². The van der Waals surface area contributed by atoms with E-state index in [1.54, 1.807) is 0 Å². The molecule has 3 N–H and O–H groups in total. The van der Waals surface area contributed by atoms with Gasteiger partial charge in [-0.2, -0.15) is 0 Å². The molecule has 0 saturated heterocycles. The molecule has 0 aliphatic carbocycles. The van der Waals surface area contributed by atoms with Gasteiger partial charge < -0.3 is 15.4 Å². The summed E-state index contributed by atoms with van der Waals surface area (Å²) in [6.07, 6.45) is 21.0. The molecule has 0 radical (unpaired) electrons. The van der Waals surface area contributed by atoms with Crippen LogP contribution in [0.15, 0.2) is 72.8 Å². The summed E-state index contributed by atoms with van der Waals surface area (Å²) in [5.74, 6) is 0. The predicted molar refractivity (Wildman–Crippen MR) is 175 cm³/mol. The van der Waals surface area contributed by atoms with Crippen molar-refractivity contribution >= 4 is 24.7 Å². The molecule has 0 unspecified atom stereocenters. The number of nitrogens with one attached hydrogen (secondary N) is 2. The highest BCUT2D eigenvalue weighted by atomic mass is 28.4. The van der Waals surface area contributed by atoms with Crippen molar-refractivity contribution in [3.8, 4) is 0 Å². The Morgan fingerprint density at radius 1 is 0.700 bits per heavy atom. The van der Waals surface area contributed by atoms with E-state index in [4.69, 9.17) is 0 Å². The lowest BCUT2D eigenvalue weighted by Crippen LogP contribution is -2.65. The van der Waals surface area contributed by atoms with Gasteiger partial charge in [0, 0.05) is 13.1 Å².